The van der Waals surface area contributed by atoms with Crippen LogP contribution in [0.15, 0.2) is 17.0 Å². The van der Waals surface area contributed by atoms with Crippen molar-refractivity contribution in [1.29, 1.82) is 0 Å². The molecule has 8 heteroatoms. The van der Waals surface area contributed by atoms with E-state index < -0.39 is 0 Å². The van der Waals surface area contributed by atoms with E-state index >= 15 is 0 Å². The molecule has 0 bridgehead atoms. The molecule has 1 aliphatic heterocycles. The molecule has 25 heavy (non-hydrogen) atoms. The van der Waals surface area contributed by atoms with Gasteiger partial charge in [0.2, 0.25) is 5.91 Å². The Kier molecular flexibility index (Phi) is 4.78. The average Bonchev–Trinajstić information content (AvgIpc) is 3.22. The Bertz CT molecular complexity index is 801. The van der Waals surface area contributed by atoms with E-state index in [1.807, 2.05) is 11.8 Å². The lowest BCUT2D eigenvalue weighted by Gasteiger charge is -2.24. The van der Waals surface area contributed by atoms with Gasteiger partial charge in [0.25, 0.3) is 5.91 Å². The normalized spacial score (nSPS) is 16.9. The minimum atomic E-state index is -0.312. The molecule has 3 heterocycles. The molecule has 2 aromatic rings. The number of aromatic nitrogens is 3. The SMILES string of the molecule is CC(=O)N1CCCC1c1nc(C)ncc1CNC(=O)c1ncoc1C. The summed E-state index contributed by atoms with van der Waals surface area (Å²) in [6.45, 7) is 6.07. The fourth-order valence-corrected chi connectivity index (χ4v) is 3.15. The second-order valence-electron chi connectivity index (χ2n) is 6.14. The Balaban J connectivity index is 1.81. The Morgan fingerprint density at radius 1 is 1.36 bits per heavy atom. The number of carbonyl (C=O) groups is 2. The van der Waals surface area contributed by atoms with Crippen molar-refractivity contribution >= 4 is 11.8 Å². The smallest absolute Gasteiger partial charge is 0.273 e. The number of oxazole rings is 1. The Hall–Kier alpha value is -2.77. The molecule has 2 amide bonds. The monoisotopic (exact) mass is 343 g/mol. The summed E-state index contributed by atoms with van der Waals surface area (Å²) >= 11 is 0. The topological polar surface area (TPSA) is 101 Å². The molecule has 1 aliphatic rings. The molecule has 3 rings (SSSR count). The molecule has 0 spiro atoms. The summed E-state index contributed by atoms with van der Waals surface area (Å²) in [5, 5.41) is 2.82. The quantitative estimate of drug-likeness (QED) is 0.906. The molecule has 2 aromatic heterocycles. The number of hydrogen-bond donors (Lipinski definition) is 1. The first kappa shape index (κ1) is 17.1. The summed E-state index contributed by atoms with van der Waals surface area (Å²) in [5.74, 6) is 0.837. The predicted molar refractivity (Wildman–Crippen MR) is 88.5 cm³/mol. The van der Waals surface area contributed by atoms with Crippen LogP contribution < -0.4 is 5.32 Å². The van der Waals surface area contributed by atoms with Crippen LogP contribution in [0.3, 0.4) is 0 Å². The van der Waals surface area contributed by atoms with Gasteiger partial charge in [-0.05, 0) is 26.7 Å². The summed E-state index contributed by atoms with van der Waals surface area (Å²) in [6.07, 6.45) is 4.76. The van der Waals surface area contributed by atoms with Gasteiger partial charge >= 0.3 is 0 Å². The second kappa shape index (κ2) is 7.00. The van der Waals surface area contributed by atoms with Gasteiger partial charge in [0, 0.05) is 31.8 Å². The van der Waals surface area contributed by atoms with Crippen molar-refractivity contribution in [3.63, 3.8) is 0 Å². The first-order valence-electron chi connectivity index (χ1n) is 8.25. The zero-order valence-electron chi connectivity index (χ0n) is 14.6. The van der Waals surface area contributed by atoms with E-state index in [0.717, 1.165) is 30.6 Å². The number of nitrogens with zero attached hydrogens (tertiary/aromatic N) is 4. The van der Waals surface area contributed by atoms with Gasteiger partial charge in [0.1, 0.15) is 11.6 Å². The number of carbonyl (C=O) groups excluding carboxylic acids is 2. The molecule has 0 radical (unpaired) electrons. The third-order valence-corrected chi connectivity index (χ3v) is 4.39. The van der Waals surface area contributed by atoms with E-state index in [1.54, 1.807) is 20.0 Å². The Morgan fingerprint density at radius 2 is 2.16 bits per heavy atom. The lowest BCUT2D eigenvalue weighted by Crippen LogP contribution is -2.31. The second-order valence-corrected chi connectivity index (χ2v) is 6.14. The van der Waals surface area contributed by atoms with Gasteiger partial charge in [-0.1, -0.05) is 0 Å². The highest BCUT2D eigenvalue weighted by Crippen LogP contribution is 2.32. The Labute approximate surface area is 145 Å². The zero-order chi connectivity index (χ0) is 18.0. The molecule has 0 saturated carbocycles. The average molecular weight is 343 g/mol. The third kappa shape index (κ3) is 3.52. The van der Waals surface area contributed by atoms with Crippen molar-refractivity contribution in [1.82, 2.24) is 25.2 Å². The molecule has 0 aromatic carbocycles. The number of rotatable bonds is 4. The van der Waals surface area contributed by atoms with Gasteiger partial charge in [-0.3, -0.25) is 9.59 Å². The molecule has 0 aliphatic carbocycles. The van der Waals surface area contributed by atoms with E-state index in [-0.39, 0.29) is 30.1 Å². The highest BCUT2D eigenvalue weighted by molar-refractivity contribution is 5.93. The van der Waals surface area contributed by atoms with Crippen molar-refractivity contribution in [2.75, 3.05) is 6.54 Å². The van der Waals surface area contributed by atoms with Gasteiger partial charge < -0.3 is 14.6 Å². The maximum absolute atomic E-state index is 12.2. The molecule has 132 valence electrons. The first-order valence-corrected chi connectivity index (χ1v) is 8.25. The summed E-state index contributed by atoms with van der Waals surface area (Å²) in [7, 11) is 0. The molecule has 1 saturated heterocycles. The summed E-state index contributed by atoms with van der Waals surface area (Å²) in [4.78, 5) is 38.6. The van der Waals surface area contributed by atoms with Crippen LogP contribution in [0.4, 0.5) is 0 Å². The lowest BCUT2D eigenvalue weighted by atomic mass is 10.1. The number of hydrogen-bond acceptors (Lipinski definition) is 6. The maximum Gasteiger partial charge on any atom is 0.273 e. The minimum absolute atomic E-state index is 0.0342. The van der Waals surface area contributed by atoms with Crippen LogP contribution in [0, 0.1) is 13.8 Å². The summed E-state index contributed by atoms with van der Waals surface area (Å²) < 4.78 is 5.06. The first-order chi connectivity index (χ1) is 12.0. The fourth-order valence-electron chi connectivity index (χ4n) is 3.15. The van der Waals surface area contributed by atoms with Gasteiger partial charge in [0.05, 0.1) is 11.7 Å². The van der Waals surface area contributed by atoms with Gasteiger partial charge in [-0.25, -0.2) is 15.0 Å². The molecule has 1 unspecified atom stereocenters. The van der Waals surface area contributed by atoms with Crippen LogP contribution in [-0.2, 0) is 11.3 Å². The molecule has 8 nitrogen and oxygen atoms in total. The van der Waals surface area contributed by atoms with E-state index in [9.17, 15) is 9.59 Å². The van der Waals surface area contributed by atoms with Crippen LogP contribution >= 0.6 is 0 Å². The molecular formula is C17H21N5O3. The van der Waals surface area contributed by atoms with Crippen LogP contribution in [0.25, 0.3) is 0 Å². The number of likely N-dealkylation sites (tertiary alicyclic amines) is 1. The number of aryl methyl sites for hydroxylation is 2. The standard InChI is InChI=1S/C17H21N5O3/c1-10-15(20-9-25-10)17(24)19-8-13-7-18-11(2)21-16(13)14-5-4-6-22(14)12(3)23/h7,9,14H,4-6,8H2,1-3H3,(H,19,24). The highest BCUT2D eigenvalue weighted by Gasteiger charge is 2.31. The highest BCUT2D eigenvalue weighted by atomic mass is 16.3. The van der Waals surface area contributed by atoms with Gasteiger partial charge in [0.15, 0.2) is 12.1 Å². The zero-order valence-corrected chi connectivity index (χ0v) is 14.6. The number of amides is 2. The van der Waals surface area contributed by atoms with Gasteiger partial charge in [-0.2, -0.15) is 0 Å². The van der Waals surface area contributed by atoms with E-state index in [2.05, 4.69) is 20.3 Å². The maximum atomic E-state index is 12.2. The molecule has 1 fully saturated rings. The summed E-state index contributed by atoms with van der Waals surface area (Å²) in [5.41, 5.74) is 1.87. The van der Waals surface area contributed by atoms with Gasteiger partial charge in [-0.15, -0.1) is 0 Å². The Morgan fingerprint density at radius 3 is 2.84 bits per heavy atom. The fraction of sp³-hybridized carbons (Fsp3) is 0.471. The van der Waals surface area contributed by atoms with Crippen molar-refractivity contribution in [3.8, 4) is 0 Å². The van der Waals surface area contributed by atoms with Crippen molar-refractivity contribution in [2.45, 2.75) is 46.2 Å². The van der Waals surface area contributed by atoms with Crippen LogP contribution in [-0.4, -0.2) is 38.2 Å². The van der Waals surface area contributed by atoms with Crippen LogP contribution in [0.5, 0.6) is 0 Å². The molecule has 1 atom stereocenters. The van der Waals surface area contributed by atoms with Crippen LogP contribution in [0.1, 0.15) is 59.1 Å². The van der Waals surface area contributed by atoms with Crippen molar-refractivity contribution in [2.24, 2.45) is 0 Å². The third-order valence-electron chi connectivity index (χ3n) is 4.39. The lowest BCUT2D eigenvalue weighted by molar-refractivity contribution is -0.129. The van der Waals surface area contributed by atoms with E-state index in [1.165, 1.54) is 6.39 Å². The summed E-state index contributed by atoms with van der Waals surface area (Å²) in [6, 6.07) is -0.0695. The van der Waals surface area contributed by atoms with Crippen molar-refractivity contribution < 1.29 is 14.0 Å². The largest absolute Gasteiger partial charge is 0.448 e. The predicted octanol–water partition coefficient (Wildman–Crippen LogP) is 1.69. The molecular weight excluding hydrogens is 322 g/mol. The number of nitrogens with one attached hydrogen (secondary N) is 1. The van der Waals surface area contributed by atoms with Crippen molar-refractivity contribution in [3.05, 3.63) is 41.1 Å². The molecule has 1 N–H and O–H groups in total. The van der Waals surface area contributed by atoms with E-state index in [0.29, 0.717) is 11.6 Å². The minimum Gasteiger partial charge on any atom is -0.448 e. The van der Waals surface area contributed by atoms with E-state index in [4.69, 9.17) is 4.42 Å². The van der Waals surface area contributed by atoms with Crippen LogP contribution in [0.2, 0.25) is 0 Å².